The lowest BCUT2D eigenvalue weighted by Gasteiger charge is -2.14. The Morgan fingerprint density at radius 3 is 2.33 bits per heavy atom. The summed E-state index contributed by atoms with van der Waals surface area (Å²) in [7, 11) is 4.65. The first kappa shape index (κ1) is 17.6. The molecule has 0 aromatic heterocycles. The predicted octanol–water partition coefficient (Wildman–Crippen LogP) is 2.84. The molecule has 0 aliphatic heterocycles. The van der Waals surface area contributed by atoms with Crippen LogP contribution in [0.1, 0.15) is 10.4 Å². The van der Waals surface area contributed by atoms with Gasteiger partial charge in [0.2, 0.25) is 0 Å². The van der Waals surface area contributed by atoms with Crippen molar-refractivity contribution in [3.8, 4) is 17.2 Å². The Morgan fingerprint density at radius 1 is 0.958 bits per heavy atom. The zero-order valence-corrected chi connectivity index (χ0v) is 14.4. The van der Waals surface area contributed by atoms with Gasteiger partial charge in [0, 0.05) is 11.6 Å². The van der Waals surface area contributed by atoms with Crippen molar-refractivity contribution in [3.05, 3.63) is 48.0 Å². The molecular weight excluding hydrogens is 328 g/mol. The highest BCUT2D eigenvalue weighted by Gasteiger charge is 2.11. The highest BCUT2D eigenvalue weighted by molar-refractivity contribution is 7.80. The number of methoxy groups -OCH3 is 3. The van der Waals surface area contributed by atoms with Gasteiger partial charge in [-0.1, -0.05) is 6.07 Å². The number of benzene rings is 2. The zero-order chi connectivity index (χ0) is 17.5. The number of amides is 1. The number of rotatable bonds is 5. The summed E-state index contributed by atoms with van der Waals surface area (Å²) < 4.78 is 15.5. The van der Waals surface area contributed by atoms with Crippen molar-refractivity contribution in [1.82, 2.24) is 5.32 Å². The maximum absolute atomic E-state index is 12.2. The second-order valence-corrected chi connectivity index (χ2v) is 5.11. The van der Waals surface area contributed by atoms with Crippen molar-refractivity contribution in [2.24, 2.45) is 0 Å². The van der Waals surface area contributed by atoms with E-state index in [1.165, 1.54) is 7.11 Å². The first-order valence-corrected chi connectivity index (χ1v) is 7.46. The minimum absolute atomic E-state index is 0.159. The van der Waals surface area contributed by atoms with Crippen LogP contribution in [0.4, 0.5) is 5.69 Å². The number of anilines is 1. The van der Waals surface area contributed by atoms with Crippen molar-refractivity contribution in [3.63, 3.8) is 0 Å². The number of ether oxygens (including phenoxy) is 3. The van der Waals surface area contributed by atoms with Crippen LogP contribution in [0, 0.1) is 0 Å². The maximum Gasteiger partial charge on any atom is 0.257 e. The third-order valence-corrected chi connectivity index (χ3v) is 3.42. The van der Waals surface area contributed by atoms with Crippen LogP contribution in [-0.2, 0) is 0 Å². The number of nitrogens with one attached hydrogen (secondary N) is 2. The Bertz CT molecular complexity index is 749. The molecule has 6 nitrogen and oxygen atoms in total. The van der Waals surface area contributed by atoms with Crippen LogP contribution in [0.15, 0.2) is 42.5 Å². The molecule has 0 heterocycles. The summed E-state index contributed by atoms with van der Waals surface area (Å²) in [5, 5.41) is 5.70. The molecular formula is C17H18N2O4S. The summed E-state index contributed by atoms with van der Waals surface area (Å²) in [6, 6.07) is 12.0. The molecule has 2 aromatic carbocycles. The molecule has 1 amide bonds. The zero-order valence-electron chi connectivity index (χ0n) is 13.6. The molecule has 0 spiro atoms. The van der Waals surface area contributed by atoms with E-state index in [4.69, 9.17) is 26.4 Å². The Morgan fingerprint density at radius 2 is 1.67 bits per heavy atom. The van der Waals surface area contributed by atoms with Crippen LogP contribution in [0.2, 0.25) is 0 Å². The normalized spacial score (nSPS) is 9.79. The minimum atomic E-state index is -0.334. The molecule has 7 heteroatoms. The molecule has 2 rings (SSSR count). The number of carbonyl (C=O) groups excluding carboxylic acids is 1. The molecule has 0 unspecified atom stereocenters. The van der Waals surface area contributed by atoms with Gasteiger partial charge in [0.1, 0.15) is 17.2 Å². The molecule has 0 radical (unpaired) electrons. The van der Waals surface area contributed by atoms with E-state index in [9.17, 15) is 4.79 Å². The Balaban J connectivity index is 2.06. The van der Waals surface area contributed by atoms with Crippen LogP contribution >= 0.6 is 12.2 Å². The summed E-state index contributed by atoms with van der Waals surface area (Å²) >= 11 is 5.18. The summed E-state index contributed by atoms with van der Waals surface area (Å²) in [6.07, 6.45) is 0. The Labute approximate surface area is 145 Å². The molecule has 0 fully saturated rings. The Hall–Kier alpha value is -2.80. The van der Waals surface area contributed by atoms with Crippen molar-refractivity contribution in [1.29, 1.82) is 0 Å². The van der Waals surface area contributed by atoms with Gasteiger partial charge in [-0.25, -0.2) is 0 Å². The maximum atomic E-state index is 12.2. The number of thiocarbonyl (C=S) groups is 1. The lowest BCUT2D eigenvalue weighted by Crippen LogP contribution is -2.34. The summed E-state index contributed by atoms with van der Waals surface area (Å²) in [5.41, 5.74) is 1.06. The predicted molar refractivity (Wildman–Crippen MR) is 96.2 cm³/mol. The smallest absolute Gasteiger partial charge is 0.257 e. The topological polar surface area (TPSA) is 68.8 Å². The summed E-state index contributed by atoms with van der Waals surface area (Å²) in [5.74, 6) is 1.47. The summed E-state index contributed by atoms with van der Waals surface area (Å²) in [6.45, 7) is 0. The fraction of sp³-hybridized carbons (Fsp3) is 0.176. The SMILES string of the molecule is COc1cccc(C(=O)NC(=S)Nc2ccc(OC)cc2OC)c1. The minimum Gasteiger partial charge on any atom is -0.497 e. The molecule has 2 aromatic rings. The van der Waals surface area contributed by atoms with Crippen molar-refractivity contribution < 1.29 is 19.0 Å². The second-order valence-electron chi connectivity index (χ2n) is 4.71. The fourth-order valence-electron chi connectivity index (χ4n) is 1.99. The van der Waals surface area contributed by atoms with E-state index >= 15 is 0 Å². The lowest BCUT2D eigenvalue weighted by molar-refractivity contribution is 0.0977. The number of carbonyl (C=O) groups is 1. The monoisotopic (exact) mass is 346 g/mol. The summed E-state index contributed by atoms with van der Waals surface area (Å²) in [4.78, 5) is 12.2. The standard InChI is InChI=1S/C17H18N2O4S/c1-21-12-6-4-5-11(9-12)16(20)19-17(24)18-14-8-7-13(22-2)10-15(14)23-3/h4-10H,1-3H3,(H2,18,19,20,24). The van der Waals surface area contributed by atoms with Crippen LogP contribution in [-0.4, -0.2) is 32.3 Å². The van der Waals surface area contributed by atoms with Gasteiger partial charge in [-0.3, -0.25) is 10.1 Å². The van der Waals surface area contributed by atoms with E-state index in [0.29, 0.717) is 28.5 Å². The van der Waals surface area contributed by atoms with Gasteiger partial charge in [-0.15, -0.1) is 0 Å². The van der Waals surface area contributed by atoms with Gasteiger partial charge in [-0.2, -0.15) is 0 Å². The van der Waals surface area contributed by atoms with Gasteiger partial charge in [0.25, 0.3) is 5.91 Å². The lowest BCUT2D eigenvalue weighted by atomic mass is 10.2. The van der Waals surface area contributed by atoms with Crippen LogP contribution in [0.25, 0.3) is 0 Å². The first-order valence-electron chi connectivity index (χ1n) is 7.05. The third-order valence-electron chi connectivity index (χ3n) is 3.22. The highest BCUT2D eigenvalue weighted by Crippen LogP contribution is 2.28. The molecule has 0 saturated carbocycles. The van der Waals surface area contributed by atoms with Gasteiger partial charge < -0.3 is 19.5 Å². The van der Waals surface area contributed by atoms with Gasteiger partial charge in [-0.05, 0) is 42.5 Å². The molecule has 0 aliphatic carbocycles. The molecule has 126 valence electrons. The van der Waals surface area contributed by atoms with E-state index < -0.39 is 0 Å². The van der Waals surface area contributed by atoms with E-state index in [0.717, 1.165) is 0 Å². The average molecular weight is 346 g/mol. The number of hydrogen-bond acceptors (Lipinski definition) is 5. The molecule has 0 aliphatic rings. The second kappa shape index (κ2) is 8.16. The number of hydrogen-bond donors (Lipinski definition) is 2. The molecule has 0 bridgehead atoms. The molecule has 0 saturated heterocycles. The average Bonchev–Trinajstić information content (AvgIpc) is 2.61. The van der Waals surface area contributed by atoms with Gasteiger partial charge in [0.05, 0.1) is 27.0 Å². The van der Waals surface area contributed by atoms with Crippen LogP contribution < -0.4 is 24.8 Å². The Kier molecular flexibility index (Phi) is 5.97. The van der Waals surface area contributed by atoms with E-state index in [1.54, 1.807) is 56.7 Å². The van der Waals surface area contributed by atoms with Crippen molar-refractivity contribution >= 4 is 28.9 Å². The van der Waals surface area contributed by atoms with E-state index in [-0.39, 0.29) is 11.0 Å². The quantitative estimate of drug-likeness (QED) is 0.812. The van der Waals surface area contributed by atoms with E-state index in [2.05, 4.69) is 10.6 Å². The van der Waals surface area contributed by atoms with Crippen molar-refractivity contribution in [2.75, 3.05) is 26.6 Å². The fourth-order valence-corrected chi connectivity index (χ4v) is 2.20. The molecule has 2 N–H and O–H groups in total. The highest BCUT2D eigenvalue weighted by atomic mass is 32.1. The first-order chi connectivity index (χ1) is 11.6. The van der Waals surface area contributed by atoms with Crippen molar-refractivity contribution in [2.45, 2.75) is 0 Å². The molecule has 0 atom stereocenters. The van der Waals surface area contributed by atoms with Crippen LogP contribution in [0.5, 0.6) is 17.2 Å². The van der Waals surface area contributed by atoms with Crippen LogP contribution in [0.3, 0.4) is 0 Å². The third kappa shape index (κ3) is 4.36. The largest absolute Gasteiger partial charge is 0.497 e. The van der Waals surface area contributed by atoms with Gasteiger partial charge in [0.15, 0.2) is 5.11 Å². The van der Waals surface area contributed by atoms with E-state index in [1.807, 2.05) is 0 Å². The van der Waals surface area contributed by atoms with Gasteiger partial charge >= 0.3 is 0 Å². The molecule has 24 heavy (non-hydrogen) atoms.